The molecule has 1 aliphatic rings. The number of anilines is 1. The standard InChI is InChI=1S/C14H16F4N2O2.ClH/c15-10-3-4-11(12(6-10)22-8-14(16,17)18)20-13(21)9-2-1-5-19-7-9;/h3-4,6,9,19H,1-2,5,7-8H2,(H,20,21);1H. The third kappa shape index (κ3) is 6.23. The van der Waals surface area contributed by atoms with Crippen LogP contribution in [0, 0.1) is 11.7 Å². The van der Waals surface area contributed by atoms with E-state index in [9.17, 15) is 22.4 Å². The van der Waals surface area contributed by atoms with Gasteiger partial charge in [0.1, 0.15) is 11.6 Å². The molecule has 130 valence electrons. The molecule has 1 aromatic rings. The van der Waals surface area contributed by atoms with Crippen LogP contribution in [-0.4, -0.2) is 31.8 Å². The van der Waals surface area contributed by atoms with Crippen LogP contribution in [0.2, 0.25) is 0 Å². The summed E-state index contributed by atoms with van der Waals surface area (Å²) in [5.74, 6) is -1.67. The molecule has 0 bridgehead atoms. The van der Waals surface area contributed by atoms with Gasteiger partial charge in [0, 0.05) is 12.6 Å². The fourth-order valence-corrected chi connectivity index (χ4v) is 2.19. The average molecular weight is 357 g/mol. The number of ether oxygens (including phenoxy) is 1. The second-order valence-corrected chi connectivity index (χ2v) is 5.08. The summed E-state index contributed by atoms with van der Waals surface area (Å²) in [7, 11) is 0. The van der Waals surface area contributed by atoms with Gasteiger partial charge in [0.05, 0.1) is 11.6 Å². The maximum absolute atomic E-state index is 13.2. The molecule has 2 rings (SSSR count). The van der Waals surface area contributed by atoms with Crippen LogP contribution in [0.15, 0.2) is 18.2 Å². The van der Waals surface area contributed by atoms with Crippen LogP contribution in [0.4, 0.5) is 23.2 Å². The number of hydrogen-bond donors (Lipinski definition) is 2. The highest BCUT2D eigenvalue weighted by Crippen LogP contribution is 2.28. The minimum Gasteiger partial charge on any atom is -0.482 e. The number of hydrogen-bond acceptors (Lipinski definition) is 3. The maximum Gasteiger partial charge on any atom is 0.422 e. The largest absolute Gasteiger partial charge is 0.482 e. The van der Waals surface area contributed by atoms with Gasteiger partial charge in [-0.25, -0.2) is 4.39 Å². The second kappa shape index (κ2) is 8.35. The minimum absolute atomic E-state index is 0. The van der Waals surface area contributed by atoms with E-state index in [4.69, 9.17) is 0 Å². The van der Waals surface area contributed by atoms with Crippen LogP contribution < -0.4 is 15.4 Å². The number of amides is 1. The molecule has 4 nitrogen and oxygen atoms in total. The zero-order valence-electron chi connectivity index (χ0n) is 12.1. The normalized spacial score (nSPS) is 18.0. The zero-order valence-corrected chi connectivity index (χ0v) is 12.9. The summed E-state index contributed by atoms with van der Waals surface area (Å²) in [4.78, 5) is 12.1. The van der Waals surface area contributed by atoms with E-state index in [-0.39, 0.29) is 35.7 Å². The Balaban J connectivity index is 0.00000264. The van der Waals surface area contributed by atoms with Crippen molar-refractivity contribution in [2.75, 3.05) is 25.0 Å². The Labute approximate surface area is 137 Å². The van der Waals surface area contributed by atoms with E-state index in [0.29, 0.717) is 13.0 Å². The molecule has 0 saturated carbocycles. The molecule has 1 saturated heterocycles. The monoisotopic (exact) mass is 356 g/mol. The first kappa shape index (κ1) is 19.5. The molecule has 1 aromatic carbocycles. The molecular formula is C14H17ClF4N2O2. The van der Waals surface area contributed by atoms with Gasteiger partial charge in [0.25, 0.3) is 0 Å². The molecular weight excluding hydrogens is 340 g/mol. The lowest BCUT2D eigenvalue weighted by molar-refractivity contribution is -0.153. The number of carbonyl (C=O) groups excluding carboxylic acids is 1. The first-order valence-electron chi connectivity index (χ1n) is 6.86. The second-order valence-electron chi connectivity index (χ2n) is 5.08. The van der Waals surface area contributed by atoms with E-state index in [1.165, 1.54) is 6.07 Å². The van der Waals surface area contributed by atoms with Crippen LogP contribution in [0.25, 0.3) is 0 Å². The lowest BCUT2D eigenvalue weighted by Gasteiger charge is -2.22. The molecule has 0 spiro atoms. The summed E-state index contributed by atoms with van der Waals surface area (Å²) >= 11 is 0. The van der Waals surface area contributed by atoms with Crippen molar-refractivity contribution < 1.29 is 27.1 Å². The predicted molar refractivity (Wildman–Crippen MR) is 79.4 cm³/mol. The van der Waals surface area contributed by atoms with Crippen LogP contribution in [0.3, 0.4) is 0 Å². The zero-order chi connectivity index (χ0) is 16.2. The molecule has 1 fully saturated rings. The lowest BCUT2D eigenvalue weighted by atomic mass is 9.99. The Morgan fingerprint density at radius 2 is 2.13 bits per heavy atom. The average Bonchev–Trinajstić information content (AvgIpc) is 2.47. The van der Waals surface area contributed by atoms with E-state index in [2.05, 4.69) is 15.4 Å². The van der Waals surface area contributed by atoms with Gasteiger partial charge >= 0.3 is 6.18 Å². The van der Waals surface area contributed by atoms with Crippen molar-refractivity contribution >= 4 is 24.0 Å². The van der Waals surface area contributed by atoms with Crippen molar-refractivity contribution in [3.8, 4) is 5.75 Å². The number of piperidine rings is 1. The van der Waals surface area contributed by atoms with Crippen molar-refractivity contribution in [2.24, 2.45) is 5.92 Å². The van der Waals surface area contributed by atoms with E-state index >= 15 is 0 Å². The Hall–Kier alpha value is -1.54. The molecule has 1 aliphatic heterocycles. The SMILES string of the molecule is Cl.O=C(Nc1ccc(F)cc1OCC(F)(F)F)C1CCCNC1. The van der Waals surface area contributed by atoms with Crippen LogP contribution in [0.5, 0.6) is 5.75 Å². The molecule has 1 heterocycles. The smallest absolute Gasteiger partial charge is 0.422 e. The molecule has 0 aromatic heterocycles. The minimum atomic E-state index is -4.54. The number of nitrogens with one attached hydrogen (secondary N) is 2. The molecule has 0 radical (unpaired) electrons. The van der Waals surface area contributed by atoms with Gasteiger partial charge in [0.15, 0.2) is 6.61 Å². The predicted octanol–water partition coefficient (Wildman–Crippen LogP) is 3.13. The van der Waals surface area contributed by atoms with Crippen LogP contribution in [0.1, 0.15) is 12.8 Å². The molecule has 1 unspecified atom stereocenters. The van der Waals surface area contributed by atoms with Crippen molar-refractivity contribution in [1.29, 1.82) is 0 Å². The first-order chi connectivity index (χ1) is 10.3. The summed E-state index contributed by atoms with van der Waals surface area (Å²) in [6.07, 6.45) is -3.00. The van der Waals surface area contributed by atoms with E-state index < -0.39 is 18.6 Å². The van der Waals surface area contributed by atoms with Crippen LogP contribution >= 0.6 is 12.4 Å². The summed E-state index contributed by atoms with van der Waals surface area (Å²) in [6, 6.07) is 3.06. The fraction of sp³-hybridized carbons (Fsp3) is 0.500. The maximum atomic E-state index is 13.2. The summed E-state index contributed by atoms with van der Waals surface area (Å²) in [5.41, 5.74) is 0.0289. The Kier molecular flexibility index (Phi) is 7.08. The van der Waals surface area contributed by atoms with E-state index in [0.717, 1.165) is 25.1 Å². The third-order valence-electron chi connectivity index (χ3n) is 3.26. The fourth-order valence-electron chi connectivity index (χ4n) is 2.19. The summed E-state index contributed by atoms with van der Waals surface area (Å²) in [5, 5.41) is 5.58. The van der Waals surface area contributed by atoms with Gasteiger partial charge in [-0.3, -0.25) is 4.79 Å². The van der Waals surface area contributed by atoms with E-state index in [1.54, 1.807) is 0 Å². The molecule has 0 aliphatic carbocycles. The summed E-state index contributed by atoms with van der Waals surface area (Å²) < 4.78 is 54.4. The van der Waals surface area contributed by atoms with Crippen LogP contribution in [-0.2, 0) is 4.79 Å². The molecule has 9 heteroatoms. The number of alkyl halides is 3. The third-order valence-corrected chi connectivity index (χ3v) is 3.26. The van der Waals surface area contributed by atoms with Crippen molar-refractivity contribution in [1.82, 2.24) is 5.32 Å². The van der Waals surface area contributed by atoms with Crippen molar-refractivity contribution in [3.05, 3.63) is 24.0 Å². The van der Waals surface area contributed by atoms with Gasteiger partial charge in [-0.15, -0.1) is 12.4 Å². The first-order valence-corrected chi connectivity index (χ1v) is 6.86. The number of benzene rings is 1. The van der Waals surface area contributed by atoms with E-state index in [1.807, 2.05) is 0 Å². The van der Waals surface area contributed by atoms with Gasteiger partial charge in [-0.2, -0.15) is 13.2 Å². The van der Waals surface area contributed by atoms with Gasteiger partial charge in [0.2, 0.25) is 5.91 Å². The number of rotatable bonds is 4. The van der Waals surface area contributed by atoms with Gasteiger partial charge in [-0.1, -0.05) is 0 Å². The highest BCUT2D eigenvalue weighted by molar-refractivity contribution is 5.94. The van der Waals surface area contributed by atoms with Crippen molar-refractivity contribution in [3.63, 3.8) is 0 Å². The molecule has 1 atom stereocenters. The quantitative estimate of drug-likeness (QED) is 0.815. The summed E-state index contributed by atoms with van der Waals surface area (Å²) in [6.45, 7) is -0.212. The molecule has 23 heavy (non-hydrogen) atoms. The van der Waals surface area contributed by atoms with Crippen molar-refractivity contribution in [2.45, 2.75) is 19.0 Å². The Morgan fingerprint density at radius 3 is 2.74 bits per heavy atom. The highest BCUT2D eigenvalue weighted by atomic mass is 35.5. The molecule has 1 amide bonds. The Bertz CT molecular complexity index is 534. The van der Waals surface area contributed by atoms with Gasteiger partial charge < -0.3 is 15.4 Å². The lowest BCUT2D eigenvalue weighted by Crippen LogP contribution is -2.37. The van der Waals surface area contributed by atoms with Gasteiger partial charge in [-0.05, 0) is 31.5 Å². The highest BCUT2D eigenvalue weighted by Gasteiger charge is 2.29. The topological polar surface area (TPSA) is 50.4 Å². The number of carbonyl (C=O) groups is 1. The molecule has 2 N–H and O–H groups in total. The number of halogens is 5. The Morgan fingerprint density at radius 1 is 1.39 bits per heavy atom.